The zero-order valence-corrected chi connectivity index (χ0v) is 12.2. The normalized spacial score (nSPS) is 32.8. The monoisotopic (exact) mass is 288 g/mol. The van der Waals surface area contributed by atoms with Crippen LogP contribution < -0.4 is 0 Å². The molecule has 0 heterocycles. The molecule has 0 amide bonds. The van der Waals surface area contributed by atoms with Crippen LogP contribution >= 0.6 is 0 Å². The van der Waals surface area contributed by atoms with E-state index >= 15 is 0 Å². The molecule has 1 heteroatoms. The van der Waals surface area contributed by atoms with Crippen LogP contribution in [0.1, 0.15) is 51.4 Å². The van der Waals surface area contributed by atoms with Gasteiger partial charge >= 0.3 is 31.0 Å². The Morgan fingerprint density at radius 2 is 0.923 bits per heavy atom. The quantitative estimate of drug-likeness (QED) is 0.587. The summed E-state index contributed by atoms with van der Waals surface area (Å²) in [5, 5.41) is 0. The van der Waals surface area contributed by atoms with Crippen LogP contribution in [0.15, 0.2) is 0 Å². The van der Waals surface area contributed by atoms with Crippen molar-refractivity contribution < 1.29 is 0 Å². The van der Waals surface area contributed by atoms with Gasteiger partial charge in [0, 0.05) is 0 Å². The molecule has 2 aliphatic rings. The van der Waals surface area contributed by atoms with E-state index < -0.39 is 0 Å². The first kappa shape index (κ1) is 11.9. The van der Waals surface area contributed by atoms with Gasteiger partial charge in [0.2, 0.25) is 0 Å². The third-order valence-corrected chi connectivity index (χ3v) is 3.47. The van der Waals surface area contributed by atoms with E-state index in [4.69, 9.17) is 0 Å². The number of hydrogen-bond acceptors (Lipinski definition) is 0. The first-order chi connectivity index (χ1) is 6.38. The third kappa shape index (κ3) is 4.22. The molecule has 0 spiro atoms. The summed E-state index contributed by atoms with van der Waals surface area (Å²) < 4.78 is 0. The third-order valence-electron chi connectivity index (χ3n) is 3.47. The predicted octanol–water partition coefficient (Wildman–Crippen LogP) is 4.15. The molecule has 0 aliphatic heterocycles. The van der Waals surface area contributed by atoms with Crippen molar-refractivity contribution in [3.63, 3.8) is 0 Å². The number of fused-ring (bicyclic) bond motifs is 1. The maximum absolute atomic E-state index is 2.30. The van der Waals surface area contributed by atoms with Gasteiger partial charge in [-0.05, 0) is 11.8 Å². The predicted molar refractivity (Wildman–Crippen MR) is 61.4 cm³/mol. The van der Waals surface area contributed by atoms with Gasteiger partial charge in [-0.2, -0.15) is 0 Å². The molecule has 2 fully saturated rings. The average molecular weight is 287 g/mol. The fraction of sp³-hybridized carbons (Fsp3) is 1.00. The Bertz CT molecular complexity index is 96.3. The van der Waals surface area contributed by atoms with Crippen molar-refractivity contribution >= 4 is 21.1 Å². The summed E-state index contributed by atoms with van der Waals surface area (Å²) in [6, 6.07) is 0. The topological polar surface area (TPSA) is 0 Å². The van der Waals surface area contributed by atoms with Gasteiger partial charge in [0.15, 0.2) is 0 Å². The van der Waals surface area contributed by atoms with Crippen LogP contribution in [0, 0.1) is 11.8 Å². The van der Waals surface area contributed by atoms with Gasteiger partial charge in [-0.1, -0.05) is 51.4 Å². The fourth-order valence-electron chi connectivity index (χ4n) is 2.86. The molecule has 0 atom stereocenters. The molecule has 2 saturated carbocycles. The first-order valence-electron chi connectivity index (χ1n) is 5.97. The maximum atomic E-state index is 2.30. The summed E-state index contributed by atoms with van der Waals surface area (Å²) in [7, 11) is 0. The summed E-state index contributed by atoms with van der Waals surface area (Å²) in [5.74, 6) is 2.31. The molecule has 13 heavy (non-hydrogen) atoms. The van der Waals surface area contributed by atoms with E-state index in [0.717, 1.165) is 11.8 Å². The summed E-state index contributed by atoms with van der Waals surface area (Å²) in [6.07, 6.45) is 12.4. The zero-order valence-electron chi connectivity index (χ0n) is 9.31. The molecule has 0 bridgehead atoms. The first-order valence-corrected chi connectivity index (χ1v) is 11.7. The summed E-state index contributed by atoms with van der Waals surface area (Å²) in [6.45, 7) is 0. The van der Waals surface area contributed by atoms with Crippen molar-refractivity contribution in [2.45, 2.75) is 61.2 Å². The van der Waals surface area contributed by atoms with Crippen LogP contribution in [0.25, 0.3) is 0 Å². The standard InChI is InChI=1S/C10H18.2CH3.Sn/c1-2-6-10-8-4-3-7-9(10)5-1;;;/h9-10H,1-8H2;2*1H3;. The van der Waals surface area contributed by atoms with Gasteiger partial charge in [0.1, 0.15) is 0 Å². The van der Waals surface area contributed by atoms with Crippen LogP contribution in [0.4, 0.5) is 0 Å². The molecule has 0 N–H and O–H groups in total. The van der Waals surface area contributed by atoms with Crippen LogP contribution in [-0.2, 0) is 0 Å². The van der Waals surface area contributed by atoms with Crippen molar-refractivity contribution in [3.8, 4) is 0 Å². The second kappa shape index (κ2) is 7.14. The Labute approximate surface area is 94.1 Å². The summed E-state index contributed by atoms with van der Waals surface area (Å²) in [4.78, 5) is 4.59. The molecule has 0 aromatic rings. The van der Waals surface area contributed by atoms with Crippen LogP contribution in [0.2, 0.25) is 9.88 Å². The molecule has 0 nitrogen and oxygen atoms in total. The zero-order chi connectivity index (χ0) is 9.52. The van der Waals surface area contributed by atoms with Gasteiger partial charge in [-0.3, -0.25) is 0 Å². The minimum absolute atomic E-state index is 0.230. The van der Waals surface area contributed by atoms with Gasteiger partial charge in [-0.15, -0.1) is 0 Å². The van der Waals surface area contributed by atoms with E-state index in [1.807, 2.05) is 0 Å². The van der Waals surface area contributed by atoms with Crippen molar-refractivity contribution in [2.24, 2.45) is 11.8 Å². The van der Waals surface area contributed by atoms with E-state index in [2.05, 4.69) is 9.88 Å². The Morgan fingerprint density at radius 3 is 1.15 bits per heavy atom. The molecule has 0 aromatic carbocycles. The van der Waals surface area contributed by atoms with Crippen LogP contribution in [0.3, 0.4) is 0 Å². The summed E-state index contributed by atoms with van der Waals surface area (Å²) >= 11 is 0.230. The average Bonchev–Trinajstić information content (AvgIpc) is 2.19. The molecular weight excluding hydrogens is 263 g/mol. The molecule has 0 aromatic heterocycles. The Morgan fingerprint density at radius 1 is 0.692 bits per heavy atom. The molecule has 2 rings (SSSR count). The molecule has 2 radical (unpaired) electrons. The van der Waals surface area contributed by atoms with E-state index in [1.54, 1.807) is 25.7 Å². The van der Waals surface area contributed by atoms with Crippen molar-refractivity contribution in [3.05, 3.63) is 0 Å². The van der Waals surface area contributed by atoms with Gasteiger partial charge in [0.25, 0.3) is 0 Å². The molecular formula is C12H24Sn. The molecule has 2 aliphatic carbocycles. The van der Waals surface area contributed by atoms with E-state index in [0.29, 0.717) is 0 Å². The van der Waals surface area contributed by atoms with E-state index in [1.165, 1.54) is 25.7 Å². The number of rotatable bonds is 0. The second-order valence-corrected chi connectivity index (χ2v) is 7.44. The van der Waals surface area contributed by atoms with E-state index in [-0.39, 0.29) is 21.1 Å². The van der Waals surface area contributed by atoms with Gasteiger partial charge < -0.3 is 0 Å². The second-order valence-electron chi connectivity index (χ2n) is 4.59. The van der Waals surface area contributed by atoms with Gasteiger partial charge in [-0.25, -0.2) is 0 Å². The Hall–Kier alpha value is 0.799. The number of hydrogen-bond donors (Lipinski definition) is 0. The molecule has 0 saturated heterocycles. The van der Waals surface area contributed by atoms with Crippen LogP contribution in [0.5, 0.6) is 0 Å². The van der Waals surface area contributed by atoms with Crippen molar-refractivity contribution in [1.82, 2.24) is 0 Å². The van der Waals surface area contributed by atoms with Crippen LogP contribution in [-0.4, -0.2) is 21.1 Å². The van der Waals surface area contributed by atoms with Gasteiger partial charge in [0.05, 0.1) is 0 Å². The Balaban J connectivity index is 0.000000251. The minimum atomic E-state index is 0.230. The van der Waals surface area contributed by atoms with Crippen molar-refractivity contribution in [1.29, 1.82) is 0 Å². The van der Waals surface area contributed by atoms with Crippen molar-refractivity contribution in [2.75, 3.05) is 0 Å². The van der Waals surface area contributed by atoms with E-state index in [9.17, 15) is 0 Å². The SMILES string of the molecule is C1CCC2CCCCC2C1.[CH3][Sn][CH3]. The summed E-state index contributed by atoms with van der Waals surface area (Å²) in [5.41, 5.74) is 0. The molecule has 76 valence electrons. The Kier molecular flexibility index (Phi) is 6.52. The molecule has 0 unspecified atom stereocenters. The fourth-order valence-corrected chi connectivity index (χ4v) is 2.86.